The van der Waals surface area contributed by atoms with Gasteiger partial charge in [-0.05, 0) is 42.5 Å². The van der Waals surface area contributed by atoms with Crippen LogP contribution >= 0.6 is 0 Å². The number of benzene rings is 4. The first-order valence-corrected chi connectivity index (χ1v) is 13.1. The number of piperazine rings is 1. The fourth-order valence-corrected chi connectivity index (χ4v) is 5.14. The van der Waals surface area contributed by atoms with Crippen LogP contribution in [0.3, 0.4) is 0 Å². The number of aromatic nitrogens is 2. The Morgan fingerprint density at radius 2 is 1.49 bits per heavy atom. The van der Waals surface area contributed by atoms with Crippen molar-refractivity contribution in [3.05, 3.63) is 129 Å². The van der Waals surface area contributed by atoms with E-state index in [1.807, 2.05) is 47.4 Å². The molecule has 0 radical (unpaired) electrons. The number of anilines is 1. The number of rotatable bonds is 5. The van der Waals surface area contributed by atoms with E-state index in [1.54, 1.807) is 29.2 Å². The Bertz CT molecular complexity index is 1830. The molecule has 2 heterocycles. The number of hydrogen-bond donors (Lipinski definition) is 0. The SMILES string of the molecule is O=C(c1ccc(F)cc1)N1CCN(c2ccc([N+](=O)[O-])c(-n3nc(-c4ccccc4)c4ccccc4c3=O)c2)CC1. The predicted molar refractivity (Wildman–Crippen MR) is 154 cm³/mol. The minimum Gasteiger partial charge on any atom is -0.368 e. The zero-order chi connectivity index (χ0) is 28.5. The van der Waals surface area contributed by atoms with Crippen molar-refractivity contribution in [3.63, 3.8) is 0 Å². The maximum atomic E-state index is 13.6. The third-order valence-electron chi connectivity index (χ3n) is 7.26. The molecule has 1 aliphatic rings. The summed E-state index contributed by atoms with van der Waals surface area (Å²) in [6, 6.07) is 26.5. The van der Waals surface area contributed by atoms with Crippen LogP contribution in [0.15, 0.2) is 102 Å². The number of nitro benzene ring substituents is 1. The van der Waals surface area contributed by atoms with Gasteiger partial charge in [0.25, 0.3) is 17.2 Å². The van der Waals surface area contributed by atoms with Gasteiger partial charge in [-0.3, -0.25) is 19.7 Å². The zero-order valence-electron chi connectivity index (χ0n) is 21.8. The second-order valence-electron chi connectivity index (χ2n) is 9.69. The van der Waals surface area contributed by atoms with Gasteiger partial charge in [-0.1, -0.05) is 48.5 Å². The minimum absolute atomic E-state index is 0.0604. The molecule has 204 valence electrons. The highest BCUT2D eigenvalue weighted by Gasteiger charge is 2.26. The molecule has 0 atom stereocenters. The van der Waals surface area contributed by atoms with Crippen molar-refractivity contribution in [2.45, 2.75) is 0 Å². The van der Waals surface area contributed by atoms with E-state index >= 15 is 0 Å². The number of nitro groups is 1. The largest absolute Gasteiger partial charge is 0.368 e. The maximum Gasteiger partial charge on any atom is 0.295 e. The number of halogens is 1. The van der Waals surface area contributed by atoms with E-state index in [0.29, 0.717) is 53.9 Å². The van der Waals surface area contributed by atoms with Crippen LogP contribution in [0.4, 0.5) is 15.8 Å². The quantitative estimate of drug-likeness (QED) is 0.224. The smallest absolute Gasteiger partial charge is 0.295 e. The second kappa shape index (κ2) is 10.6. The summed E-state index contributed by atoms with van der Waals surface area (Å²) in [5.41, 5.74) is 1.74. The van der Waals surface area contributed by atoms with Crippen LogP contribution in [0.25, 0.3) is 27.7 Å². The molecule has 1 aromatic heterocycles. The highest BCUT2D eigenvalue weighted by molar-refractivity contribution is 5.95. The van der Waals surface area contributed by atoms with Crippen molar-refractivity contribution in [1.29, 1.82) is 0 Å². The first-order chi connectivity index (χ1) is 19.9. The van der Waals surface area contributed by atoms with Gasteiger partial charge in [0.2, 0.25) is 0 Å². The van der Waals surface area contributed by atoms with Gasteiger partial charge in [-0.2, -0.15) is 9.78 Å². The topological polar surface area (TPSA) is 102 Å². The summed E-state index contributed by atoms with van der Waals surface area (Å²) in [6.45, 7) is 1.77. The maximum absolute atomic E-state index is 13.6. The number of hydrogen-bond acceptors (Lipinski definition) is 6. The van der Waals surface area contributed by atoms with Gasteiger partial charge in [-0.15, -0.1) is 0 Å². The van der Waals surface area contributed by atoms with Gasteiger partial charge in [-0.25, -0.2) is 4.39 Å². The van der Waals surface area contributed by atoms with E-state index in [2.05, 4.69) is 5.10 Å². The fourth-order valence-electron chi connectivity index (χ4n) is 5.14. The standard InChI is InChI=1S/C31H24FN5O4/c32-23-12-10-22(11-13-23)30(38)35-18-16-34(17-19-35)24-14-15-27(37(40)41)28(20-24)36-31(39)26-9-5-4-8-25(26)29(33-36)21-6-2-1-3-7-21/h1-15,20H,16-19H2. The number of carbonyl (C=O) groups is 1. The molecule has 1 amide bonds. The van der Waals surface area contributed by atoms with Crippen molar-refractivity contribution >= 4 is 28.1 Å². The molecular formula is C31H24FN5O4. The molecule has 6 rings (SSSR count). The van der Waals surface area contributed by atoms with Gasteiger partial charge in [0.05, 0.1) is 16.0 Å². The highest BCUT2D eigenvalue weighted by Crippen LogP contribution is 2.31. The summed E-state index contributed by atoms with van der Waals surface area (Å²) in [7, 11) is 0. The van der Waals surface area contributed by atoms with Gasteiger partial charge >= 0.3 is 0 Å². The van der Waals surface area contributed by atoms with E-state index in [1.165, 1.54) is 30.3 Å². The summed E-state index contributed by atoms with van der Waals surface area (Å²) in [6.07, 6.45) is 0. The van der Waals surface area contributed by atoms with Crippen molar-refractivity contribution in [1.82, 2.24) is 14.7 Å². The number of fused-ring (bicyclic) bond motifs is 1. The molecule has 0 unspecified atom stereocenters. The molecule has 9 nitrogen and oxygen atoms in total. The summed E-state index contributed by atoms with van der Waals surface area (Å²) in [4.78, 5) is 41.8. The third-order valence-corrected chi connectivity index (χ3v) is 7.26. The first kappa shape index (κ1) is 25.9. The number of carbonyl (C=O) groups excluding carboxylic acids is 1. The first-order valence-electron chi connectivity index (χ1n) is 13.1. The van der Waals surface area contributed by atoms with E-state index in [9.17, 15) is 24.1 Å². The average molecular weight is 550 g/mol. The summed E-state index contributed by atoms with van der Waals surface area (Å²) < 4.78 is 14.4. The molecule has 0 spiro atoms. The van der Waals surface area contributed by atoms with Gasteiger partial charge in [0, 0.05) is 54.4 Å². The molecule has 4 aromatic carbocycles. The Hall–Kier alpha value is -5.38. The van der Waals surface area contributed by atoms with Gasteiger partial charge in [0.1, 0.15) is 11.5 Å². The van der Waals surface area contributed by atoms with Crippen LogP contribution in [0.5, 0.6) is 0 Å². The van der Waals surface area contributed by atoms with Crippen molar-refractivity contribution in [3.8, 4) is 16.9 Å². The summed E-state index contributed by atoms with van der Waals surface area (Å²) in [5.74, 6) is -0.592. The summed E-state index contributed by atoms with van der Waals surface area (Å²) >= 11 is 0. The molecule has 41 heavy (non-hydrogen) atoms. The monoisotopic (exact) mass is 549 g/mol. The zero-order valence-corrected chi connectivity index (χ0v) is 21.8. The fraction of sp³-hybridized carbons (Fsp3) is 0.129. The van der Waals surface area contributed by atoms with Crippen molar-refractivity contribution in [2.24, 2.45) is 0 Å². The molecule has 0 saturated carbocycles. The van der Waals surface area contributed by atoms with Gasteiger partial charge < -0.3 is 9.80 Å². The molecule has 1 aliphatic heterocycles. The van der Waals surface area contributed by atoms with Crippen molar-refractivity contribution in [2.75, 3.05) is 31.1 Å². The molecule has 10 heteroatoms. The molecule has 1 fully saturated rings. The lowest BCUT2D eigenvalue weighted by Crippen LogP contribution is -2.48. The van der Waals surface area contributed by atoms with Crippen LogP contribution in [0.1, 0.15) is 10.4 Å². The van der Waals surface area contributed by atoms with E-state index in [0.717, 1.165) is 10.2 Å². The Morgan fingerprint density at radius 1 is 0.829 bits per heavy atom. The normalized spacial score (nSPS) is 13.4. The van der Waals surface area contributed by atoms with E-state index < -0.39 is 16.3 Å². The third kappa shape index (κ3) is 4.91. The van der Waals surface area contributed by atoms with Crippen LogP contribution in [0.2, 0.25) is 0 Å². The Labute approximate surface area is 233 Å². The summed E-state index contributed by atoms with van der Waals surface area (Å²) in [5, 5.41) is 17.8. The Morgan fingerprint density at radius 3 is 2.17 bits per heavy atom. The van der Waals surface area contributed by atoms with Crippen LogP contribution in [0, 0.1) is 15.9 Å². The molecule has 0 aliphatic carbocycles. The second-order valence-corrected chi connectivity index (χ2v) is 9.69. The van der Waals surface area contributed by atoms with Crippen molar-refractivity contribution < 1.29 is 14.1 Å². The minimum atomic E-state index is -0.524. The lowest BCUT2D eigenvalue weighted by molar-refractivity contribution is -0.384. The number of nitrogens with zero attached hydrogens (tertiary/aromatic N) is 5. The molecule has 0 bridgehead atoms. The lowest BCUT2D eigenvalue weighted by Gasteiger charge is -2.36. The Balaban J connectivity index is 1.37. The molecule has 0 N–H and O–H groups in total. The van der Waals surface area contributed by atoms with Crippen LogP contribution in [-0.2, 0) is 0 Å². The molecule has 1 saturated heterocycles. The van der Waals surface area contributed by atoms with E-state index in [-0.39, 0.29) is 17.3 Å². The van der Waals surface area contributed by atoms with Crippen LogP contribution in [-0.4, -0.2) is 51.7 Å². The molecular weight excluding hydrogens is 525 g/mol. The van der Waals surface area contributed by atoms with Gasteiger partial charge in [0.15, 0.2) is 0 Å². The number of amides is 1. The predicted octanol–water partition coefficient (Wildman–Crippen LogP) is 5.06. The molecule has 5 aromatic rings. The van der Waals surface area contributed by atoms with Crippen LogP contribution < -0.4 is 10.5 Å². The van der Waals surface area contributed by atoms with E-state index in [4.69, 9.17) is 0 Å². The lowest BCUT2D eigenvalue weighted by atomic mass is 10.1. The Kier molecular flexibility index (Phi) is 6.72. The highest BCUT2D eigenvalue weighted by atomic mass is 19.1. The average Bonchev–Trinajstić information content (AvgIpc) is 3.01.